The third-order valence-electron chi connectivity index (χ3n) is 16.9. The average molecular weight is 1540 g/mol. The smallest absolute Gasteiger partial charge is 0.463 e. The molecule has 0 aliphatic heterocycles. The number of ether oxygens (including phenoxy) is 3. The number of aliphatic hydroxyl groups is 2. The van der Waals surface area contributed by atoms with Crippen LogP contribution in [0.2, 0.25) is 0 Å². The lowest BCUT2D eigenvalue weighted by Gasteiger charge is -2.21. The molecule has 0 aliphatic rings. The van der Waals surface area contributed by atoms with Crippen molar-refractivity contribution in [2.75, 3.05) is 39.6 Å². The third kappa shape index (κ3) is 81.7. The van der Waals surface area contributed by atoms with Gasteiger partial charge in [-0.1, -0.05) is 313 Å². The summed E-state index contributed by atoms with van der Waals surface area (Å²) in [5.74, 6) is -1.65. The van der Waals surface area contributed by atoms with E-state index in [2.05, 4.69) is 191 Å². The van der Waals surface area contributed by atoms with Gasteiger partial charge in [0.25, 0.3) is 0 Å². The third-order valence-corrected chi connectivity index (χ3v) is 18.8. The quantitative estimate of drug-likeness (QED) is 0.0146. The van der Waals surface area contributed by atoms with Gasteiger partial charge < -0.3 is 34.2 Å². The number of rotatable bonds is 77. The summed E-state index contributed by atoms with van der Waals surface area (Å²) in [6.45, 7) is 2.36. The number of unbranched alkanes of at least 4 members (excludes halogenated alkanes) is 26. The number of hydrogen-bond acceptors (Lipinski definition) is 14. The first-order valence-electron chi connectivity index (χ1n) is 41.4. The molecule has 610 valence electrons. The van der Waals surface area contributed by atoms with Gasteiger partial charge in [-0.3, -0.25) is 32.5 Å². The van der Waals surface area contributed by atoms with Crippen LogP contribution in [0.3, 0.4) is 0 Å². The predicted octanol–water partition coefficient (Wildman–Crippen LogP) is 24.8. The maximum absolute atomic E-state index is 13.0. The Morgan fingerprint density at radius 3 is 0.804 bits per heavy atom. The predicted molar refractivity (Wildman–Crippen MR) is 445 cm³/mol. The highest BCUT2D eigenvalue weighted by Gasteiger charge is 2.29. The first kappa shape index (κ1) is 102. The van der Waals surface area contributed by atoms with Crippen molar-refractivity contribution in [3.63, 3.8) is 0 Å². The molecular formula is C89H148O16P2. The second-order valence-corrected chi connectivity index (χ2v) is 30.1. The minimum Gasteiger partial charge on any atom is -0.463 e. The van der Waals surface area contributed by atoms with Crippen molar-refractivity contribution in [2.24, 2.45) is 0 Å². The molecule has 0 aliphatic carbocycles. The van der Waals surface area contributed by atoms with Gasteiger partial charge in [-0.05, 0) is 154 Å². The Morgan fingerprint density at radius 1 is 0.271 bits per heavy atom. The van der Waals surface area contributed by atoms with Gasteiger partial charge in [0.05, 0.1) is 26.4 Å². The van der Waals surface area contributed by atoms with Crippen molar-refractivity contribution in [3.05, 3.63) is 170 Å². The van der Waals surface area contributed by atoms with E-state index in [1.807, 2.05) is 0 Å². The summed E-state index contributed by atoms with van der Waals surface area (Å²) in [4.78, 5) is 58.7. The van der Waals surface area contributed by atoms with Crippen LogP contribution < -0.4 is 0 Å². The SMILES string of the molecule is CC/C=C\C/C=C\C/C=C\C/C=C\C/C=C\C/C=C\CCCCC(=O)OCC(COP(=O)(O)OCC(O)COP(=O)(O)OCC(O)COC(=O)CCCCCCCCCCCCCCCCC/C=C\C/C=C\C/C=C\C/C=C\CCCCC)OC(=O)CCCCCCCC/C=C\C/C=C\C/C=C\C/C=C\CC. The lowest BCUT2D eigenvalue weighted by atomic mass is 10.0. The summed E-state index contributed by atoms with van der Waals surface area (Å²) in [6.07, 6.45) is 103. The molecule has 16 nitrogen and oxygen atoms in total. The zero-order valence-corrected chi connectivity index (χ0v) is 68.5. The van der Waals surface area contributed by atoms with E-state index in [0.717, 1.165) is 154 Å². The first-order valence-corrected chi connectivity index (χ1v) is 44.4. The van der Waals surface area contributed by atoms with Crippen LogP contribution >= 0.6 is 15.6 Å². The number of phosphoric acid groups is 2. The summed E-state index contributed by atoms with van der Waals surface area (Å²) >= 11 is 0. The fourth-order valence-corrected chi connectivity index (χ4v) is 12.3. The highest BCUT2D eigenvalue weighted by Crippen LogP contribution is 2.45. The lowest BCUT2D eigenvalue weighted by molar-refractivity contribution is -0.161. The summed E-state index contributed by atoms with van der Waals surface area (Å²) in [7, 11) is -9.82. The molecule has 0 spiro atoms. The Morgan fingerprint density at radius 2 is 0.495 bits per heavy atom. The largest absolute Gasteiger partial charge is 0.472 e. The summed E-state index contributed by atoms with van der Waals surface area (Å²) in [5, 5.41) is 20.7. The molecule has 18 heteroatoms. The fourth-order valence-electron chi connectivity index (χ4n) is 10.7. The van der Waals surface area contributed by atoms with Crippen LogP contribution in [0.5, 0.6) is 0 Å². The molecule has 0 heterocycles. The molecule has 0 saturated carbocycles. The van der Waals surface area contributed by atoms with Crippen LogP contribution in [-0.2, 0) is 55.8 Å². The zero-order valence-electron chi connectivity index (χ0n) is 66.7. The highest BCUT2D eigenvalue weighted by molar-refractivity contribution is 7.47. The number of hydrogen-bond donors (Lipinski definition) is 4. The van der Waals surface area contributed by atoms with Gasteiger partial charge in [0.1, 0.15) is 25.4 Å². The van der Waals surface area contributed by atoms with Crippen molar-refractivity contribution in [1.82, 2.24) is 0 Å². The van der Waals surface area contributed by atoms with E-state index in [-0.39, 0.29) is 19.3 Å². The minimum absolute atomic E-state index is 0.0722. The molecule has 5 atom stereocenters. The van der Waals surface area contributed by atoms with Crippen molar-refractivity contribution in [2.45, 2.75) is 334 Å². The number of aliphatic hydroxyl groups excluding tert-OH is 2. The van der Waals surface area contributed by atoms with Gasteiger partial charge in [-0.25, -0.2) is 9.13 Å². The summed E-state index contributed by atoms with van der Waals surface area (Å²) in [5.41, 5.74) is 0. The van der Waals surface area contributed by atoms with E-state index < -0.39 is 91.5 Å². The molecule has 0 rings (SSSR count). The maximum Gasteiger partial charge on any atom is 0.472 e. The molecular weight excluding hydrogens is 1390 g/mol. The molecule has 0 aromatic rings. The Hall–Kier alpha value is -5.09. The van der Waals surface area contributed by atoms with Crippen molar-refractivity contribution < 1.29 is 75.8 Å². The topological polar surface area (TPSA) is 231 Å². The molecule has 0 radical (unpaired) electrons. The van der Waals surface area contributed by atoms with E-state index >= 15 is 0 Å². The number of carbonyl (C=O) groups excluding carboxylic acids is 3. The molecule has 0 amide bonds. The fraction of sp³-hybridized carbons (Fsp3) is 0.652. The zero-order chi connectivity index (χ0) is 78.0. The van der Waals surface area contributed by atoms with E-state index in [9.17, 15) is 43.5 Å². The molecule has 0 bridgehead atoms. The Balaban J connectivity index is 4.60. The van der Waals surface area contributed by atoms with Gasteiger partial charge in [-0.2, -0.15) is 0 Å². The molecule has 4 N–H and O–H groups in total. The normalized spacial score (nSPS) is 14.8. The molecule has 5 unspecified atom stereocenters. The van der Waals surface area contributed by atoms with Crippen molar-refractivity contribution in [1.29, 1.82) is 0 Å². The lowest BCUT2D eigenvalue weighted by Crippen LogP contribution is -2.30. The van der Waals surface area contributed by atoms with Gasteiger partial charge >= 0.3 is 33.6 Å². The second-order valence-electron chi connectivity index (χ2n) is 27.2. The van der Waals surface area contributed by atoms with Crippen molar-refractivity contribution >= 4 is 33.6 Å². The number of esters is 3. The Kier molecular flexibility index (Phi) is 76.6. The second kappa shape index (κ2) is 80.4. The maximum atomic E-state index is 13.0. The van der Waals surface area contributed by atoms with E-state index in [1.54, 1.807) is 0 Å². The van der Waals surface area contributed by atoms with Gasteiger partial charge in [-0.15, -0.1) is 0 Å². The average Bonchev–Trinajstić information content (AvgIpc) is 0.928. The molecule has 107 heavy (non-hydrogen) atoms. The van der Waals surface area contributed by atoms with E-state index in [1.165, 1.54) is 103 Å². The monoisotopic (exact) mass is 1540 g/mol. The van der Waals surface area contributed by atoms with Gasteiger partial charge in [0.15, 0.2) is 6.10 Å². The number of allylic oxidation sites excluding steroid dienone is 28. The Bertz CT molecular complexity index is 2620. The van der Waals surface area contributed by atoms with E-state index in [4.69, 9.17) is 32.3 Å². The summed E-state index contributed by atoms with van der Waals surface area (Å²) < 4.78 is 61.2. The van der Waals surface area contributed by atoms with E-state index in [0.29, 0.717) is 19.3 Å². The van der Waals surface area contributed by atoms with Crippen LogP contribution in [0.1, 0.15) is 316 Å². The van der Waals surface area contributed by atoms with Crippen LogP contribution in [0.4, 0.5) is 0 Å². The number of carbonyl (C=O) groups is 3. The van der Waals surface area contributed by atoms with Crippen LogP contribution in [0.15, 0.2) is 170 Å². The van der Waals surface area contributed by atoms with Crippen LogP contribution in [0, 0.1) is 0 Å². The highest BCUT2D eigenvalue weighted by atomic mass is 31.2. The van der Waals surface area contributed by atoms with Crippen LogP contribution in [-0.4, -0.2) is 95.9 Å². The Labute approximate surface area is 650 Å². The van der Waals surface area contributed by atoms with Gasteiger partial charge in [0.2, 0.25) is 0 Å². The molecule has 0 aromatic carbocycles. The molecule has 0 saturated heterocycles. The standard InChI is InChI=1S/C89H148O16P2/c1-4-7-10-13-16-19-22-25-28-31-34-36-37-38-39-40-41-42-43-44-45-47-50-51-54-57-60-63-66-69-72-75-87(92)99-78-84(90)79-101-106(95,96)102-80-85(91)81-103-107(97,98)104-83-86(105-89(94)77-74-71-68-65-62-59-56-53-48-33-30-27-24-21-18-15-12-9-6-3)82-100-88(93)76-73-70-67-64-61-58-55-52-49-46-35-32-29-26-23-20-17-14-11-8-5-2/h8-9,11-12,16-21,25-30,34-36,38-39,46,48,52-53,55,61,64,84-86,90-91H,4-7,10,13-15,22-24,31-33,37,40-45,47,49-51,54,56-60,62-63,65-83H2,1-3H3,(H,95,96)(H,97,98)/b11-8-,12-9-,19-16-,20-17-,21-18-,28-25-,29-26-,30-27-,36-34-,39-38-,46-35-,53-48-,55-52-,64-61-. The van der Waals surface area contributed by atoms with Crippen LogP contribution in [0.25, 0.3) is 0 Å². The van der Waals surface area contributed by atoms with Gasteiger partial charge in [0, 0.05) is 19.3 Å². The first-order chi connectivity index (χ1) is 52.2. The molecule has 0 aromatic heterocycles. The summed E-state index contributed by atoms with van der Waals surface area (Å²) in [6, 6.07) is 0. The minimum atomic E-state index is -4.95. The molecule has 0 fully saturated rings. The number of phosphoric ester groups is 2. The van der Waals surface area contributed by atoms with Crippen molar-refractivity contribution in [3.8, 4) is 0 Å².